The van der Waals surface area contributed by atoms with Gasteiger partial charge in [0.1, 0.15) is 5.75 Å². The number of amides is 1. The first-order chi connectivity index (χ1) is 14.4. The number of nitrogens with one attached hydrogen (secondary N) is 1. The van der Waals surface area contributed by atoms with Crippen LogP contribution in [-0.4, -0.2) is 22.5 Å². The lowest BCUT2D eigenvalue weighted by molar-refractivity contribution is -0.222. The molecule has 0 aromatic heterocycles. The van der Waals surface area contributed by atoms with Crippen LogP contribution in [0.15, 0.2) is 42.5 Å². The molecule has 0 saturated heterocycles. The van der Waals surface area contributed by atoms with Crippen molar-refractivity contribution in [2.24, 2.45) is 5.41 Å². The monoisotopic (exact) mass is 422 g/mol. The van der Waals surface area contributed by atoms with Gasteiger partial charge in [0.25, 0.3) is 5.54 Å². The van der Waals surface area contributed by atoms with Crippen molar-refractivity contribution in [1.29, 1.82) is 0 Å². The van der Waals surface area contributed by atoms with Gasteiger partial charge in [0.05, 0.1) is 16.5 Å². The maximum Gasteiger partial charge on any atom is 0.362 e. The van der Waals surface area contributed by atoms with Gasteiger partial charge in [-0.05, 0) is 44.4 Å². The molecule has 1 amide bonds. The molecule has 2 unspecified atom stereocenters. The van der Waals surface area contributed by atoms with Crippen molar-refractivity contribution in [2.45, 2.75) is 58.8 Å². The minimum atomic E-state index is -1.76. The average molecular weight is 423 g/mol. The largest absolute Gasteiger partial charge is 0.445 e. The molecule has 2 N–H and O–H groups in total. The first-order valence-corrected chi connectivity index (χ1v) is 10.5. The second-order valence-electron chi connectivity index (χ2n) is 9.59. The van der Waals surface area contributed by atoms with Crippen molar-refractivity contribution in [3.05, 3.63) is 64.7 Å². The smallest absolute Gasteiger partial charge is 0.362 e. The highest BCUT2D eigenvalue weighted by Gasteiger charge is 2.78. The Kier molecular flexibility index (Phi) is 4.54. The van der Waals surface area contributed by atoms with Gasteiger partial charge in [-0.3, -0.25) is 14.4 Å². The molecule has 2 atom stereocenters. The first kappa shape index (κ1) is 21.1. The molecular weight excluding hydrogens is 394 g/mol. The van der Waals surface area contributed by atoms with Crippen LogP contribution < -0.4 is 10.1 Å². The Hall–Kier alpha value is -3.15. The second kappa shape index (κ2) is 6.67. The molecule has 1 aliphatic carbocycles. The Labute approximate surface area is 181 Å². The summed E-state index contributed by atoms with van der Waals surface area (Å²) in [5.74, 6) is -2.08. The summed E-state index contributed by atoms with van der Waals surface area (Å²) in [5.41, 5.74) is 0.112. The summed E-state index contributed by atoms with van der Waals surface area (Å²) in [6, 6.07) is 12.7. The normalized spacial score (nSPS) is 23.6. The molecule has 2 aliphatic rings. The summed E-state index contributed by atoms with van der Waals surface area (Å²) in [6.07, 6.45) is 0. The quantitative estimate of drug-likeness (QED) is 0.601. The lowest BCUT2D eigenvalue weighted by Crippen LogP contribution is -2.62. The Balaban J connectivity index is 2.04. The van der Waals surface area contributed by atoms with Gasteiger partial charge in [-0.25, -0.2) is 0 Å². The number of ketones is 1. The van der Waals surface area contributed by atoms with Crippen molar-refractivity contribution < 1.29 is 23.9 Å². The van der Waals surface area contributed by atoms with Gasteiger partial charge in [0.2, 0.25) is 5.91 Å². The van der Waals surface area contributed by atoms with E-state index in [1.165, 1.54) is 6.92 Å². The van der Waals surface area contributed by atoms with Crippen LogP contribution in [0.4, 0.5) is 0 Å². The van der Waals surface area contributed by atoms with E-state index >= 15 is 0 Å². The third-order valence-electron chi connectivity index (χ3n) is 5.93. The summed E-state index contributed by atoms with van der Waals surface area (Å²) >= 11 is 0. The topological polar surface area (TPSA) is 86.0 Å². The van der Waals surface area contributed by atoms with Crippen LogP contribution in [0.1, 0.15) is 69.7 Å². The summed E-state index contributed by atoms with van der Waals surface area (Å²) in [7, 11) is 0. The molecule has 0 radical (unpaired) electrons. The van der Waals surface area contributed by atoms with Gasteiger partial charge < -0.3 is 14.8 Å². The molecule has 4 rings (SSSR count). The lowest BCUT2D eigenvalue weighted by Gasteiger charge is -2.37. The Morgan fingerprint density at radius 1 is 1.10 bits per heavy atom. The zero-order chi connectivity index (χ0) is 22.8. The van der Waals surface area contributed by atoms with Crippen molar-refractivity contribution >= 4 is 17.7 Å². The maximum atomic E-state index is 13.1. The van der Waals surface area contributed by atoms with Gasteiger partial charge in [-0.1, -0.05) is 44.2 Å². The van der Waals surface area contributed by atoms with Crippen molar-refractivity contribution in [2.75, 3.05) is 0 Å². The van der Waals surface area contributed by atoms with E-state index in [-0.39, 0.29) is 17.6 Å². The molecule has 6 heteroatoms. The number of carbonyl (C=O) groups excluding carboxylic acids is 3. The minimum absolute atomic E-state index is 0.115. The Bertz CT molecular complexity index is 1110. The predicted molar refractivity (Wildman–Crippen MR) is 116 cm³/mol. The Morgan fingerprint density at radius 2 is 1.77 bits per heavy atom. The van der Waals surface area contributed by atoms with Crippen LogP contribution in [0.2, 0.25) is 0 Å². The number of hydrogen-bond donors (Lipinski definition) is 1. The van der Waals surface area contributed by atoms with Gasteiger partial charge in [-0.2, -0.15) is 0 Å². The number of hydrogen-bond acceptors (Lipinski definition) is 4. The minimum Gasteiger partial charge on any atom is -0.445 e. The Morgan fingerprint density at radius 3 is 2.39 bits per heavy atom. The molecule has 31 heavy (non-hydrogen) atoms. The zero-order valence-electron chi connectivity index (χ0n) is 18.7. The molecule has 1 aliphatic heterocycles. The van der Waals surface area contributed by atoms with E-state index < -0.39 is 22.7 Å². The highest BCUT2D eigenvalue weighted by Crippen LogP contribution is 2.60. The van der Waals surface area contributed by atoms with Crippen LogP contribution in [0.3, 0.4) is 0 Å². The van der Waals surface area contributed by atoms with Gasteiger partial charge in [0, 0.05) is 12.5 Å². The van der Waals surface area contributed by atoms with E-state index in [0.29, 0.717) is 22.4 Å². The van der Waals surface area contributed by atoms with Crippen LogP contribution in [0, 0.1) is 5.41 Å². The average Bonchev–Trinajstić information content (AvgIpc) is 3.05. The number of benzene rings is 2. The molecule has 2 aromatic rings. The fourth-order valence-corrected chi connectivity index (χ4v) is 4.33. The number of rotatable bonds is 3. The number of fused-ring (bicyclic) bond motifs is 5. The number of carbonyl (C=O) groups is 2. The molecule has 2 aromatic carbocycles. The third kappa shape index (κ3) is 2.81. The fourth-order valence-electron chi connectivity index (χ4n) is 4.33. The van der Waals surface area contributed by atoms with Crippen LogP contribution in [0.25, 0.3) is 0 Å². The van der Waals surface area contributed by atoms with Crippen molar-refractivity contribution in [3.63, 3.8) is 0 Å². The summed E-state index contributed by atoms with van der Waals surface area (Å²) in [5, 5.41) is 2.89. The molecule has 0 fully saturated rings. The van der Waals surface area contributed by atoms with Crippen LogP contribution in [0.5, 0.6) is 5.75 Å². The van der Waals surface area contributed by atoms with E-state index in [1.807, 2.05) is 18.2 Å². The van der Waals surface area contributed by atoms with E-state index in [1.54, 1.807) is 45.0 Å². The van der Waals surface area contributed by atoms with Crippen molar-refractivity contribution in [3.8, 4) is 5.75 Å². The number of ether oxygens (including phenoxy) is 2. The lowest BCUT2D eigenvalue weighted by atomic mass is 9.81. The van der Waals surface area contributed by atoms with Crippen molar-refractivity contribution in [1.82, 2.24) is 5.32 Å². The van der Waals surface area contributed by atoms with Gasteiger partial charge in [0.15, 0.2) is 0 Å². The second-order valence-corrected chi connectivity index (χ2v) is 9.59. The molecule has 162 valence electrons. The highest BCUT2D eigenvalue weighted by atomic mass is 16.7. The summed E-state index contributed by atoms with van der Waals surface area (Å²) in [4.78, 5) is 37.0. The van der Waals surface area contributed by atoms with Crippen LogP contribution >= 0.6 is 0 Å². The molecule has 0 bridgehead atoms. The summed E-state index contributed by atoms with van der Waals surface area (Å²) in [6.45, 7) is 10.7. The van der Waals surface area contributed by atoms with E-state index in [2.05, 4.69) is 19.2 Å². The van der Waals surface area contributed by atoms with Crippen LogP contribution in [-0.2, 0) is 25.7 Å². The fraction of sp³-hybridized carbons (Fsp3) is 0.400. The maximum absolute atomic E-state index is 13.1. The summed E-state index contributed by atoms with van der Waals surface area (Å²) < 4.78 is 12.6. The van der Waals surface area contributed by atoms with E-state index in [0.717, 1.165) is 5.56 Å². The first-order valence-electron chi connectivity index (χ1n) is 10.5. The molecule has 6 nitrogen and oxygen atoms in total. The predicted octanol–water partition coefficient (Wildman–Crippen LogP) is 3.88. The molecule has 0 saturated carbocycles. The molecule has 1 heterocycles. The standard InChI is InChI=1S/C25H27NO5/c1-14(2)16-11-12-19-20(13-16)30-25(31-22(29)23(4,5)6)18-10-8-7-9-17(18)21(28)24(19,25)26-15(3)27/h7-14H,1-6H3,(H,26,27)/p+1. The zero-order valence-corrected chi connectivity index (χ0v) is 18.7. The van der Waals surface area contributed by atoms with E-state index in [9.17, 15) is 14.4 Å². The van der Waals surface area contributed by atoms with Gasteiger partial charge >= 0.3 is 17.5 Å². The van der Waals surface area contributed by atoms with E-state index in [4.69, 9.17) is 9.47 Å². The van der Waals surface area contributed by atoms with Gasteiger partial charge in [-0.15, -0.1) is 0 Å². The highest BCUT2D eigenvalue weighted by molar-refractivity contribution is 6.13. The third-order valence-corrected chi connectivity index (χ3v) is 5.93. The molecular formula is C25H28NO5+. The SMILES string of the molecule is CC(=O)NC12C(=[OH+])c3ccccc3C1(OC(=O)C(C)(C)C)Oc1cc(C(C)C)ccc12. The number of esters is 1. The molecule has 0 spiro atoms.